The van der Waals surface area contributed by atoms with Gasteiger partial charge in [-0.25, -0.2) is 0 Å². The van der Waals surface area contributed by atoms with Gasteiger partial charge in [0.1, 0.15) is 0 Å². The number of nitrogens with zero attached hydrogens (tertiary/aromatic N) is 3. The first kappa shape index (κ1) is 20.2. The van der Waals surface area contributed by atoms with Crippen molar-refractivity contribution in [3.8, 4) is 0 Å². The van der Waals surface area contributed by atoms with Crippen LogP contribution in [0.5, 0.6) is 0 Å². The fourth-order valence-electron chi connectivity index (χ4n) is 4.11. The molecule has 0 radical (unpaired) electrons. The van der Waals surface area contributed by atoms with Crippen molar-refractivity contribution in [1.82, 2.24) is 10.1 Å². The molecule has 5 nitrogen and oxygen atoms in total. The van der Waals surface area contributed by atoms with E-state index in [-0.39, 0.29) is 5.91 Å². The zero-order valence-electron chi connectivity index (χ0n) is 18.0. The Morgan fingerprint density at radius 1 is 1.03 bits per heavy atom. The van der Waals surface area contributed by atoms with Gasteiger partial charge in [0.15, 0.2) is 0 Å². The third-order valence-corrected chi connectivity index (χ3v) is 6.14. The van der Waals surface area contributed by atoms with E-state index in [4.69, 9.17) is 4.52 Å². The Kier molecular flexibility index (Phi) is 5.88. The average molecular weight is 404 g/mol. The van der Waals surface area contributed by atoms with Crippen LogP contribution < -0.4 is 4.90 Å². The summed E-state index contributed by atoms with van der Waals surface area (Å²) in [5, 5.41) is 4.15. The fraction of sp³-hybridized carbons (Fsp3) is 0.360. The molecule has 1 aliphatic heterocycles. The van der Waals surface area contributed by atoms with Crippen molar-refractivity contribution in [1.29, 1.82) is 0 Å². The second-order valence-electron chi connectivity index (χ2n) is 8.20. The number of amides is 1. The second kappa shape index (κ2) is 8.74. The van der Waals surface area contributed by atoms with Crippen LogP contribution in [0.15, 0.2) is 59.1 Å². The first-order chi connectivity index (χ1) is 14.5. The third-order valence-electron chi connectivity index (χ3n) is 6.14. The molecular weight excluding hydrogens is 374 g/mol. The molecule has 4 rings (SSSR count). The molecule has 0 spiro atoms. The smallest absolute Gasteiger partial charge is 0.292 e. The first-order valence-corrected chi connectivity index (χ1v) is 10.6. The van der Waals surface area contributed by atoms with Crippen LogP contribution in [0.3, 0.4) is 0 Å². The Morgan fingerprint density at radius 3 is 2.50 bits per heavy atom. The number of aromatic nitrogens is 1. The largest absolute Gasteiger partial charge is 0.368 e. The standard InChI is InChI=1S/C25H29N3O2/c1-18-8-7-11-23(20(18)3)27-12-14-28(15-13-27)25(29)24-17-22(26-30-24)16-19(2)21-9-5-4-6-10-21/h4-11,17,19H,12-16H2,1-3H3. The number of carbonyl (C=O) groups excluding carboxylic acids is 1. The molecule has 2 heterocycles. The highest BCUT2D eigenvalue weighted by Crippen LogP contribution is 2.25. The maximum Gasteiger partial charge on any atom is 0.292 e. The topological polar surface area (TPSA) is 49.6 Å². The van der Waals surface area contributed by atoms with Gasteiger partial charge in [0, 0.05) is 37.9 Å². The summed E-state index contributed by atoms with van der Waals surface area (Å²) in [6, 6.07) is 18.5. The molecule has 1 fully saturated rings. The van der Waals surface area contributed by atoms with E-state index >= 15 is 0 Å². The van der Waals surface area contributed by atoms with Crippen LogP contribution >= 0.6 is 0 Å². The van der Waals surface area contributed by atoms with Crippen LogP contribution in [0.25, 0.3) is 0 Å². The highest BCUT2D eigenvalue weighted by molar-refractivity contribution is 5.91. The monoisotopic (exact) mass is 403 g/mol. The van der Waals surface area contributed by atoms with Crippen LogP contribution in [0, 0.1) is 13.8 Å². The lowest BCUT2D eigenvalue weighted by molar-refractivity contribution is 0.0704. The minimum atomic E-state index is -0.0678. The minimum Gasteiger partial charge on any atom is -0.368 e. The van der Waals surface area contributed by atoms with Crippen molar-refractivity contribution >= 4 is 11.6 Å². The molecule has 1 amide bonds. The van der Waals surface area contributed by atoms with E-state index in [1.165, 1.54) is 22.4 Å². The highest BCUT2D eigenvalue weighted by Gasteiger charge is 2.26. The molecule has 5 heteroatoms. The molecule has 1 saturated heterocycles. The average Bonchev–Trinajstić information content (AvgIpc) is 3.24. The molecule has 3 aromatic rings. The van der Waals surface area contributed by atoms with Gasteiger partial charge in [-0.2, -0.15) is 0 Å². The number of piperazine rings is 1. The molecule has 30 heavy (non-hydrogen) atoms. The lowest BCUT2D eigenvalue weighted by Gasteiger charge is -2.36. The zero-order valence-corrected chi connectivity index (χ0v) is 18.0. The van der Waals surface area contributed by atoms with E-state index < -0.39 is 0 Å². The number of anilines is 1. The van der Waals surface area contributed by atoms with Gasteiger partial charge in [0.05, 0.1) is 5.69 Å². The van der Waals surface area contributed by atoms with Crippen LogP contribution in [-0.4, -0.2) is 42.1 Å². The van der Waals surface area contributed by atoms with Gasteiger partial charge in [0.2, 0.25) is 5.76 Å². The molecule has 156 valence electrons. The number of rotatable bonds is 5. The summed E-state index contributed by atoms with van der Waals surface area (Å²) in [4.78, 5) is 17.1. The lowest BCUT2D eigenvalue weighted by Crippen LogP contribution is -2.49. The Bertz CT molecular complexity index is 1000. The van der Waals surface area contributed by atoms with E-state index in [0.717, 1.165) is 25.2 Å². The van der Waals surface area contributed by atoms with Crippen molar-refractivity contribution in [3.05, 3.63) is 82.7 Å². The maximum absolute atomic E-state index is 12.9. The van der Waals surface area contributed by atoms with Gasteiger partial charge >= 0.3 is 0 Å². The molecule has 0 aliphatic carbocycles. The molecule has 0 saturated carbocycles. The molecular formula is C25H29N3O2. The molecule has 0 N–H and O–H groups in total. The number of aryl methyl sites for hydroxylation is 1. The lowest BCUT2D eigenvalue weighted by atomic mass is 9.96. The molecule has 1 unspecified atom stereocenters. The van der Waals surface area contributed by atoms with Gasteiger partial charge in [-0.1, -0.05) is 54.5 Å². The Labute approximate surface area is 178 Å². The van der Waals surface area contributed by atoms with Gasteiger partial charge < -0.3 is 14.3 Å². The van der Waals surface area contributed by atoms with Gasteiger partial charge in [-0.15, -0.1) is 0 Å². The summed E-state index contributed by atoms with van der Waals surface area (Å²) in [7, 11) is 0. The summed E-state index contributed by atoms with van der Waals surface area (Å²) in [6.45, 7) is 9.47. The summed E-state index contributed by atoms with van der Waals surface area (Å²) < 4.78 is 5.41. The summed E-state index contributed by atoms with van der Waals surface area (Å²) in [5.74, 6) is 0.590. The van der Waals surface area contributed by atoms with E-state index in [2.05, 4.69) is 61.2 Å². The normalized spacial score (nSPS) is 15.3. The van der Waals surface area contributed by atoms with Crippen LogP contribution in [0.2, 0.25) is 0 Å². The van der Waals surface area contributed by atoms with Crippen molar-refractivity contribution in [2.24, 2.45) is 0 Å². The Hall–Kier alpha value is -3.08. The van der Waals surface area contributed by atoms with Crippen LogP contribution in [-0.2, 0) is 6.42 Å². The number of benzene rings is 2. The Morgan fingerprint density at radius 2 is 1.77 bits per heavy atom. The molecule has 1 atom stereocenters. The fourth-order valence-corrected chi connectivity index (χ4v) is 4.11. The van der Waals surface area contributed by atoms with Crippen molar-refractivity contribution in [3.63, 3.8) is 0 Å². The van der Waals surface area contributed by atoms with E-state index in [1.54, 1.807) is 6.07 Å². The third kappa shape index (κ3) is 4.25. The molecule has 2 aromatic carbocycles. The highest BCUT2D eigenvalue weighted by atomic mass is 16.5. The Balaban J connectivity index is 1.36. The van der Waals surface area contributed by atoms with Crippen molar-refractivity contribution < 1.29 is 9.32 Å². The predicted molar refractivity (Wildman–Crippen MR) is 119 cm³/mol. The van der Waals surface area contributed by atoms with Crippen LogP contribution in [0.4, 0.5) is 5.69 Å². The van der Waals surface area contributed by atoms with Gasteiger partial charge in [-0.3, -0.25) is 4.79 Å². The summed E-state index contributed by atoms with van der Waals surface area (Å²) in [5.41, 5.74) is 5.95. The first-order valence-electron chi connectivity index (χ1n) is 10.6. The minimum absolute atomic E-state index is 0.0678. The summed E-state index contributed by atoms with van der Waals surface area (Å²) >= 11 is 0. The maximum atomic E-state index is 12.9. The second-order valence-corrected chi connectivity index (χ2v) is 8.20. The SMILES string of the molecule is Cc1cccc(N2CCN(C(=O)c3cc(CC(C)c4ccccc4)no3)CC2)c1C. The van der Waals surface area contributed by atoms with Gasteiger partial charge in [0.25, 0.3) is 5.91 Å². The summed E-state index contributed by atoms with van der Waals surface area (Å²) in [6.07, 6.45) is 0.751. The number of hydrogen-bond donors (Lipinski definition) is 0. The molecule has 1 aromatic heterocycles. The van der Waals surface area contributed by atoms with Crippen molar-refractivity contribution in [2.45, 2.75) is 33.1 Å². The number of carbonyl (C=O) groups is 1. The predicted octanol–water partition coefficient (Wildman–Crippen LogP) is 4.60. The van der Waals surface area contributed by atoms with Crippen LogP contribution in [0.1, 0.15) is 45.8 Å². The van der Waals surface area contributed by atoms with E-state index in [0.29, 0.717) is 24.8 Å². The molecule has 0 bridgehead atoms. The van der Waals surface area contributed by atoms with E-state index in [1.807, 2.05) is 23.1 Å². The van der Waals surface area contributed by atoms with E-state index in [9.17, 15) is 4.79 Å². The molecule has 1 aliphatic rings. The van der Waals surface area contributed by atoms with Gasteiger partial charge in [-0.05, 0) is 48.9 Å². The van der Waals surface area contributed by atoms with Crippen molar-refractivity contribution in [2.75, 3.05) is 31.1 Å². The zero-order chi connectivity index (χ0) is 21.1. The quantitative estimate of drug-likeness (QED) is 0.625. The number of hydrogen-bond acceptors (Lipinski definition) is 4.